The number of aromatic nitrogens is 2. The molecule has 1 amide bonds. The van der Waals surface area contributed by atoms with Crippen molar-refractivity contribution < 1.29 is 23.0 Å². The second-order valence-corrected chi connectivity index (χ2v) is 9.73. The van der Waals surface area contributed by atoms with Crippen LogP contribution in [0.15, 0.2) is 42.6 Å². The van der Waals surface area contributed by atoms with Crippen LogP contribution in [0.3, 0.4) is 0 Å². The van der Waals surface area contributed by atoms with Gasteiger partial charge >= 0.3 is 0 Å². The lowest BCUT2D eigenvalue weighted by Gasteiger charge is -2.17. The average molecular weight is 524 g/mol. The summed E-state index contributed by atoms with van der Waals surface area (Å²) in [7, 11) is 0. The van der Waals surface area contributed by atoms with E-state index in [-0.39, 0.29) is 35.4 Å². The van der Waals surface area contributed by atoms with Gasteiger partial charge in [0.05, 0.1) is 25.0 Å². The summed E-state index contributed by atoms with van der Waals surface area (Å²) in [6.45, 7) is 0.754. The van der Waals surface area contributed by atoms with E-state index in [0.717, 1.165) is 51.1 Å². The van der Waals surface area contributed by atoms with Crippen molar-refractivity contribution >= 4 is 17.5 Å². The molecular formula is C28H31F2N5O3. The molecular weight excluding hydrogens is 492 g/mol. The summed E-state index contributed by atoms with van der Waals surface area (Å²) in [5, 5.41) is 6.13. The maximum atomic E-state index is 14.7. The monoisotopic (exact) mass is 523 g/mol. The minimum Gasteiger partial charge on any atom is -0.493 e. The Hall–Kier alpha value is -3.79. The van der Waals surface area contributed by atoms with E-state index in [2.05, 4.69) is 20.6 Å². The first-order chi connectivity index (χ1) is 18.5. The molecule has 0 radical (unpaired) electrons. The number of fused-ring (bicyclic) bond motifs is 7. The Morgan fingerprint density at radius 2 is 1.76 bits per heavy atom. The third-order valence-corrected chi connectivity index (χ3v) is 6.79. The number of halogens is 2. The van der Waals surface area contributed by atoms with Crippen LogP contribution in [0.1, 0.15) is 55.3 Å². The summed E-state index contributed by atoms with van der Waals surface area (Å²) in [5.41, 5.74) is 7.38. The Bertz CT molecular complexity index is 1310. The Labute approximate surface area is 220 Å². The summed E-state index contributed by atoms with van der Waals surface area (Å²) in [5.74, 6) is -0.751. The van der Waals surface area contributed by atoms with Gasteiger partial charge in [0.1, 0.15) is 11.4 Å². The van der Waals surface area contributed by atoms with Crippen LogP contribution in [0.25, 0.3) is 11.3 Å². The number of amides is 1. The van der Waals surface area contributed by atoms with E-state index < -0.39 is 11.6 Å². The number of rotatable bonds is 2. The van der Waals surface area contributed by atoms with Crippen molar-refractivity contribution in [2.24, 2.45) is 5.73 Å². The maximum absolute atomic E-state index is 14.7. The topological polar surface area (TPSA) is 111 Å². The SMILES string of the molecule is N[C@H]1CC[C@H](NC(=O)c2ccc3cc2OCCCCCCOc2cc(ccc2F)-c2nc(ncc2F)N3)C1. The molecule has 1 aromatic heterocycles. The van der Waals surface area contributed by atoms with Gasteiger partial charge in [-0.25, -0.2) is 18.7 Å². The van der Waals surface area contributed by atoms with E-state index in [1.165, 1.54) is 18.2 Å². The maximum Gasteiger partial charge on any atom is 0.255 e. The van der Waals surface area contributed by atoms with E-state index in [1.54, 1.807) is 18.2 Å². The predicted molar refractivity (Wildman–Crippen MR) is 140 cm³/mol. The zero-order chi connectivity index (χ0) is 26.5. The van der Waals surface area contributed by atoms with Gasteiger partial charge in [-0.15, -0.1) is 0 Å². The van der Waals surface area contributed by atoms with Crippen LogP contribution in [-0.4, -0.2) is 41.2 Å². The molecule has 1 saturated carbocycles. The van der Waals surface area contributed by atoms with Gasteiger partial charge in [0.15, 0.2) is 17.4 Å². The summed E-state index contributed by atoms with van der Waals surface area (Å²) >= 11 is 0. The van der Waals surface area contributed by atoms with Gasteiger partial charge in [-0.2, -0.15) is 0 Å². The molecule has 8 nitrogen and oxygen atoms in total. The smallest absolute Gasteiger partial charge is 0.255 e. The van der Waals surface area contributed by atoms with E-state index in [4.69, 9.17) is 15.2 Å². The summed E-state index contributed by atoms with van der Waals surface area (Å²) < 4.78 is 40.6. The molecule has 0 spiro atoms. The van der Waals surface area contributed by atoms with Crippen LogP contribution in [0.2, 0.25) is 0 Å². The number of nitrogens with zero attached hydrogens (tertiary/aromatic N) is 2. The molecule has 200 valence electrons. The van der Waals surface area contributed by atoms with Gasteiger partial charge in [-0.3, -0.25) is 4.79 Å². The lowest BCUT2D eigenvalue weighted by molar-refractivity contribution is 0.0933. The zero-order valence-corrected chi connectivity index (χ0v) is 21.0. The van der Waals surface area contributed by atoms with Crippen LogP contribution in [0, 0.1) is 11.6 Å². The molecule has 2 aromatic carbocycles. The van der Waals surface area contributed by atoms with Gasteiger partial charge < -0.3 is 25.8 Å². The van der Waals surface area contributed by atoms with E-state index in [9.17, 15) is 13.6 Å². The lowest BCUT2D eigenvalue weighted by Crippen LogP contribution is -2.34. The molecule has 5 rings (SSSR count). The molecule has 38 heavy (non-hydrogen) atoms. The van der Waals surface area contributed by atoms with Gasteiger partial charge in [0, 0.05) is 29.4 Å². The zero-order valence-electron chi connectivity index (χ0n) is 21.0. The van der Waals surface area contributed by atoms with Crippen molar-refractivity contribution in [1.29, 1.82) is 0 Å². The quantitative estimate of drug-likeness (QED) is 0.428. The summed E-state index contributed by atoms with van der Waals surface area (Å²) in [6, 6.07) is 9.41. The van der Waals surface area contributed by atoms with Crippen LogP contribution >= 0.6 is 0 Å². The highest BCUT2D eigenvalue weighted by Gasteiger charge is 2.25. The molecule has 2 heterocycles. The van der Waals surface area contributed by atoms with E-state index in [1.807, 2.05) is 0 Å². The molecule has 3 aromatic rings. The molecule has 2 atom stereocenters. The number of ether oxygens (including phenoxy) is 2. The van der Waals surface area contributed by atoms with Crippen molar-refractivity contribution in [3.8, 4) is 22.8 Å². The second-order valence-electron chi connectivity index (χ2n) is 9.73. The third-order valence-electron chi connectivity index (χ3n) is 6.79. The minimum absolute atomic E-state index is 0.00992. The highest BCUT2D eigenvalue weighted by molar-refractivity contribution is 5.97. The molecule has 10 heteroatoms. The summed E-state index contributed by atoms with van der Waals surface area (Å²) in [6.07, 6.45) is 6.81. The van der Waals surface area contributed by atoms with Crippen molar-refractivity contribution in [2.75, 3.05) is 18.5 Å². The Morgan fingerprint density at radius 1 is 0.974 bits per heavy atom. The number of benzene rings is 2. The first-order valence-electron chi connectivity index (χ1n) is 13.0. The Kier molecular flexibility index (Phi) is 7.97. The fourth-order valence-corrected chi connectivity index (χ4v) is 4.76. The molecule has 1 aliphatic carbocycles. The van der Waals surface area contributed by atoms with Gasteiger partial charge in [0.2, 0.25) is 5.95 Å². The fourth-order valence-electron chi connectivity index (χ4n) is 4.76. The fraction of sp³-hybridized carbons (Fsp3) is 0.393. The average Bonchev–Trinajstić information content (AvgIpc) is 3.31. The van der Waals surface area contributed by atoms with Crippen molar-refractivity contribution in [3.05, 3.63) is 59.8 Å². The van der Waals surface area contributed by atoms with Crippen LogP contribution in [0.4, 0.5) is 20.4 Å². The predicted octanol–water partition coefficient (Wildman–Crippen LogP) is 5.11. The first kappa shape index (κ1) is 25.8. The van der Waals surface area contributed by atoms with Crippen LogP contribution in [-0.2, 0) is 0 Å². The highest BCUT2D eigenvalue weighted by Crippen LogP contribution is 2.30. The second kappa shape index (κ2) is 11.7. The van der Waals surface area contributed by atoms with Crippen molar-refractivity contribution in [2.45, 2.75) is 57.0 Å². The Balaban J connectivity index is 1.44. The number of nitrogens with two attached hydrogens (primary N) is 1. The first-order valence-corrected chi connectivity index (χ1v) is 13.0. The number of nitrogens with one attached hydrogen (secondary N) is 2. The summed E-state index contributed by atoms with van der Waals surface area (Å²) in [4.78, 5) is 21.4. The molecule has 0 saturated heterocycles. The lowest BCUT2D eigenvalue weighted by atomic mass is 10.1. The molecule has 6 bridgehead atoms. The standard InChI is InChI=1S/C28H31F2N5O3/c29-22-10-5-17-13-25(22)38-12-4-2-1-3-11-37-24-15-20(34-28-32-16-23(30)26(17)35-28)8-9-21(24)27(36)33-19-7-6-18(31)14-19/h5,8-10,13,15-16,18-19H,1-4,6-7,11-12,14,31H2,(H,33,36)(H,32,34,35)/t18-,19-/m0/s1. The molecule has 1 aliphatic heterocycles. The van der Waals surface area contributed by atoms with Crippen molar-refractivity contribution in [1.82, 2.24) is 15.3 Å². The van der Waals surface area contributed by atoms with Gasteiger partial charge in [-0.05, 0) is 75.3 Å². The normalized spacial score (nSPS) is 19.8. The molecule has 4 N–H and O–H groups in total. The van der Waals surface area contributed by atoms with Gasteiger partial charge in [-0.1, -0.05) is 0 Å². The van der Waals surface area contributed by atoms with Gasteiger partial charge in [0.25, 0.3) is 5.91 Å². The van der Waals surface area contributed by atoms with Crippen molar-refractivity contribution in [3.63, 3.8) is 0 Å². The minimum atomic E-state index is -0.648. The number of hydrogen-bond donors (Lipinski definition) is 3. The largest absolute Gasteiger partial charge is 0.493 e. The Morgan fingerprint density at radius 3 is 2.53 bits per heavy atom. The number of hydrogen-bond acceptors (Lipinski definition) is 7. The molecule has 2 aliphatic rings. The van der Waals surface area contributed by atoms with Crippen LogP contribution in [0.5, 0.6) is 11.5 Å². The highest BCUT2D eigenvalue weighted by atomic mass is 19.1. The van der Waals surface area contributed by atoms with E-state index in [0.29, 0.717) is 35.8 Å². The number of carbonyl (C=O) groups excluding carboxylic acids is 1. The molecule has 1 fully saturated rings. The third kappa shape index (κ3) is 6.19. The van der Waals surface area contributed by atoms with E-state index >= 15 is 0 Å². The number of carbonyl (C=O) groups is 1. The molecule has 0 unspecified atom stereocenters. The van der Waals surface area contributed by atoms with Crippen LogP contribution < -0.4 is 25.8 Å². The number of anilines is 2.